The normalized spacial score (nSPS) is 11.5. The highest BCUT2D eigenvalue weighted by atomic mass is 35.5. The van der Waals surface area contributed by atoms with Gasteiger partial charge < -0.3 is 0 Å². The average molecular weight is 325 g/mol. The molecule has 0 aliphatic heterocycles. The zero-order valence-electron chi connectivity index (χ0n) is 10.8. The van der Waals surface area contributed by atoms with Gasteiger partial charge in [0.05, 0.1) is 10.7 Å². The zero-order chi connectivity index (χ0) is 14.7. The smallest absolute Gasteiger partial charge is 0.137 e. The minimum Gasteiger partial charge on any atom is -0.236 e. The van der Waals surface area contributed by atoms with Gasteiger partial charge in [0.15, 0.2) is 0 Å². The first kappa shape index (κ1) is 15.1. The first-order chi connectivity index (χ1) is 9.49. The summed E-state index contributed by atoms with van der Waals surface area (Å²) < 4.78 is 0. The van der Waals surface area contributed by atoms with E-state index in [1.165, 1.54) is 0 Å². The standard InChI is InChI=1S/C16H12Cl3N/c1-10-5-3-4-6-13(10)16(19)20-11(2)14-8-7-12(17)9-15(14)18/h3-9H,2H2,1H3/b20-16+. The summed E-state index contributed by atoms with van der Waals surface area (Å²) in [6, 6.07) is 12.9. The minimum atomic E-state index is 0.388. The number of rotatable bonds is 3. The van der Waals surface area contributed by atoms with Crippen LogP contribution in [0.25, 0.3) is 5.70 Å². The van der Waals surface area contributed by atoms with E-state index in [9.17, 15) is 0 Å². The third-order valence-corrected chi connectivity index (χ3v) is 3.68. The molecule has 1 nitrogen and oxygen atoms in total. The number of hydrogen-bond donors (Lipinski definition) is 0. The summed E-state index contributed by atoms with van der Waals surface area (Å²) in [4.78, 5) is 4.33. The molecule has 0 aromatic heterocycles. The highest BCUT2D eigenvalue weighted by Gasteiger charge is 2.08. The topological polar surface area (TPSA) is 12.4 Å². The van der Waals surface area contributed by atoms with Crippen molar-refractivity contribution in [2.45, 2.75) is 6.92 Å². The summed E-state index contributed by atoms with van der Waals surface area (Å²) in [5, 5.41) is 1.46. The van der Waals surface area contributed by atoms with E-state index in [0.717, 1.165) is 11.1 Å². The molecular weight excluding hydrogens is 313 g/mol. The van der Waals surface area contributed by atoms with Gasteiger partial charge in [-0.15, -0.1) is 0 Å². The molecule has 20 heavy (non-hydrogen) atoms. The fourth-order valence-electron chi connectivity index (χ4n) is 1.77. The van der Waals surface area contributed by atoms with Crippen LogP contribution in [0.1, 0.15) is 16.7 Å². The summed E-state index contributed by atoms with van der Waals surface area (Å²) in [6.07, 6.45) is 0. The Hall–Kier alpha value is -1.28. The van der Waals surface area contributed by atoms with Gasteiger partial charge in [-0.1, -0.05) is 65.6 Å². The molecule has 0 saturated carbocycles. The fraction of sp³-hybridized carbons (Fsp3) is 0.0625. The lowest BCUT2D eigenvalue weighted by atomic mass is 10.1. The fourth-order valence-corrected chi connectivity index (χ4v) is 2.60. The molecule has 0 spiro atoms. The number of aliphatic imine (C=N–C) groups is 1. The van der Waals surface area contributed by atoms with Crippen molar-refractivity contribution in [2.24, 2.45) is 4.99 Å². The molecule has 2 aromatic carbocycles. The molecule has 0 aliphatic rings. The van der Waals surface area contributed by atoms with Crippen molar-refractivity contribution < 1.29 is 0 Å². The van der Waals surface area contributed by atoms with Crippen molar-refractivity contribution >= 4 is 45.7 Å². The number of halogens is 3. The Balaban J connectivity index is 2.35. The summed E-state index contributed by atoms with van der Waals surface area (Å²) >= 11 is 18.3. The molecule has 4 heteroatoms. The van der Waals surface area contributed by atoms with Crippen LogP contribution in [0.5, 0.6) is 0 Å². The number of benzene rings is 2. The van der Waals surface area contributed by atoms with Crippen LogP contribution in [0.4, 0.5) is 0 Å². The molecular formula is C16H12Cl3N. The summed E-state index contributed by atoms with van der Waals surface area (Å²) in [6.45, 7) is 5.89. The first-order valence-corrected chi connectivity index (χ1v) is 7.07. The molecule has 2 rings (SSSR count). The van der Waals surface area contributed by atoms with Gasteiger partial charge in [-0.25, -0.2) is 4.99 Å². The third kappa shape index (κ3) is 3.43. The van der Waals surface area contributed by atoms with Crippen LogP contribution >= 0.6 is 34.8 Å². The van der Waals surface area contributed by atoms with Crippen molar-refractivity contribution in [3.63, 3.8) is 0 Å². The van der Waals surface area contributed by atoms with Crippen molar-refractivity contribution in [3.05, 3.63) is 75.8 Å². The van der Waals surface area contributed by atoms with Gasteiger partial charge in [-0.2, -0.15) is 0 Å². The van der Waals surface area contributed by atoms with Crippen LogP contribution in [-0.2, 0) is 0 Å². The minimum absolute atomic E-state index is 0.388. The lowest BCUT2D eigenvalue weighted by Gasteiger charge is -2.07. The van der Waals surface area contributed by atoms with Gasteiger partial charge in [0, 0.05) is 16.1 Å². The molecule has 2 aromatic rings. The maximum atomic E-state index is 6.26. The van der Waals surface area contributed by atoms with Crippen LogP contribution in [0.15, 0.2) is 54.0 Å². The molecule has 102 valence electrons. The van der Waals surface area contributed by atoms with Crippen molar-refractivity contribution in [2.75, 3.05) is 0 Å². The second kappa shape index (κ2) is 6.45. The van der Waals surface area contributed by atoms with Crippen LogP contribution < -0.4 is 0 Å². The Morgan fingerprint density at radius 1 is 1.05 bits per heavy atom. The molecule has 0 unspecified atom stereocenters. The Morgan fingerprint density at radius 3 is 2.40 bits per heavy atom. The Bertz CT molecular complexity index is 690. The molecule has 0 heterocycles. The summed E-state index contributed by atoms with van der Waals surface area (Å²) in [7, 11) is 0. The molecule has 0 amide bonds. The molecule has 0 aliphatic carbocycles. The van der Waals surface area contributed by atoms with E-state index in [4.69, 9.17) is 34.8 Å². The number of nitrogens with zero attached hydrogens (tertiary/aromatic N) is 1. The molecule has 0 fully saturated rings. The van der Waals surface area contributed by atoms with Crippen LogP contribution in [0.3, 0.4) is 0 Å². The van der Waals surface area contributed by atoms with Crippen molar-refractivity contribution in [1.29, 1.82) is 0 Å². The Labute approximate surface area is 133 Å². The second-order valence-electron chi connectivity index (χ2n) is 4.29. The van der Waals surface area contributed by atoms with E-state index < -0.39 is 0 Å². The average Bonchev–Trinajstić information content (AvgIpc) is 2.38. The van der Waals surface area contributed by atoms with E-state index in [-0.39, 0.29) is 0 Å². The third-order valence-electron chi connectivity index (χ3n) is 2.84. The largest absolute Gasteiger partial charge is 0.236 e. The monoisotopic (exact) mass is 323 g/mol. The van der Waals surface area contributed by atoms with Gasteiger partial charge in [0.2, 0.25) is 0 Å². The van der Waals surface area contributed by atoms with E-state index in [0.29, 0.717) is 26.5 Å². The van der Waals surface area contributed by atoms with Gasteiger partial charge in [0.25, 0.3) is 0 Å². The van der Waals surface area contributed by atoms with Crippen molar-refractivity contribution in [1.82, 2.24) is 0 Å². The maximum Gasteiger partial charge on any atom is 0.137 e. The predicted octanol–water partition coefficient (Wildman–Crippen LogP) is 5.96. The van der Waals surface area contributed by atoms with Crippen LogP contribution in [0.2, 0.25) is 10.0 Å². The lowest BCUT2D eigenvalue weighted by Crippen LogP contribution is -1.95. The molecule has 0 radical (unpaired) electrons. The highest BCUT2D eigenvalue weighted by Crippen LogP contribution is 2.27. The van der Waals surface area contributed by atoms with E-state index in [1.54, 1.807) is 18.2 Å². The molecule has 0 bridgehead atoms. The summed E-state index contributed by atoms with van der Waals surface area (Å²) in [5.41, 5.74) is 3.14. The molecule has 0 atom stereocenters. The Kier molecular flexibility index (Phi) is 4.87. The molecule has 0 saturated heterocycles. The van der Waals surface area contributed by atoms with Crippen LogP contribution in [0, 0.1) is 6.92 Å². The van der Waals surface area contributed by atoms with Gasteiger partial charge >= 0.3 is 0 Å². The van der Waals surface area contributed by atoms with Gasteiger partial charge in [-0.05, 0) is 30.7 Å². The second-order valence-corrected chi connectivity index (χ2v) is 5.49. The van der Waals surface area contributed by atoms with Crippen molar-refractivity contribution in [3.8, 4) is 0 Å². The van der Waals surface area contributed by atoms with Gasteiger partial charge in [-0.3, -0.25) is 0 Å². The number of hydrogen-bond acceptors (Lipinski definition) is 1. The summed E-state index contributed by atoms with van der Waals surface area (Å²) in [5.74, 6) is 0. The van der Waals surface area contributed by atoms with E-state index in [2.05, 4.69) is 11.6 Å². The van der Waals surface area contributed by atoms with E-state index >= 15 is 0 Å². The molecule has 0 N–H and O–H groups in total. The Morgan fingerprint density at radius 2 is 1.75 bits per heavy atom. The van der Waals surface area contributed by atoms with Crippen LogP contribution in [-0.4, -0.2) is 5.17 Å². The zero-order valence-corrected chi connectivity index (χ0v) is 13.1. The quantitative estimate of drug-likeness (QED) is 0.618. The lowest BCUT2D eigenvalue weighted by molar-refractivity contribution is 1.43. The SMILES string of the molecule is C=C(/N=C(/Cl)c1ccccc1C)c1ccc(Cl)cc1Cl. The first-order valence-electron chi connectivity index (χ1n) is 5.93. The van der Waals surface area contributed by atoms with E-state index in [1.807, 2.05) is 31.2 Å². The van der Waals surface area contributed by atoms with Gasteiger partial charge in [0.1, 0.15) is 5.17 Å². The number of aryl methyl sites for hydroxylation is 1. The highest BCUT2D eigenvalue weighted by molar-refractivity contribution is 6.70. The predicted molar refractivity (Wildman–Crippen MR) is 89.1 cm³/mol. The maximum absolute atomic E-state index is 6.26.